The van der Waals surface area contributed by atoms with Crippen LogP contribution in [-0.4, -0.2) is 19.5 Å². The van der Waals surface area contributed by atoms with Crippen LogP contribution in [0.15, 0.2) is 59.7 Å². The van der Waals surface area contributed by atoms with Gasteiger partial charge in [-0.2, -0.15) is 4.98 Å². The van der Waals surface area contributed by atoms with Gasteiger partial charge in [0.25, 0.3) is 5.56 Å². The predicted octanol–water partition coefficient (Wildman–Crippen LogP) is 4.31. The number of nitrogens with one attached hydrogen (secondary N) is 1. The number of aryl methyl sites for hydroxylation is 1. The molecule has 0 spiro atoms. The van der Waals surface area contributed by atoms with Crippen LogP contribution >= 0.6 is 23.2 Å². The molecule has 8 heteroatoms. The van der Waals surface area contributed by atoms with E-state index in [-0.39, 0.29) is 5.56 Å². The van der Waals surface area contributed by atoms with Crippen molar-refractivity contribution in [3.05, 3.63) is 81.0 Å². The van der Waals surface area contributed by atoms with Crippen molar-refractivity contribution in [1.82, 2.24) is 19.5 Å². The minimum atomic E-state index is -0.239. The van der Waals surface area contributed by atoms with E-state index in [4.69, 9.17) is 23.2 Å². The Kier molecular flexibility index (Phi) is 4.98. The van der Waals surface area contributed by atoms with E-state index in [0.29, 0.717) is 44.7 Å². The summed E-state index contributed by atoms with van der Waals surface area (Å²) in [7, 11) is 1.66. The number of benzene rings is 1. The molecule has 0 fully saturated rings. The molecule has 0 saturated carbocycles. The van der Waals surface area contributed by atoms with E-state index in [1.807, 2.05) is 18.2 Å². The lowest BCUT2D eigenvalue weighted by atomic mass is 10.1. The molecule has 0 saturated heterocycles. The molecule has 6 nitrogen and oxygen atoms in total. The Balaban J connectivity index is 1.75. The van der Waals surface area contributed by atoms with Crippen LogP contribution in [0, 0.1) is 0 Å². The van der Waals surface area contributed by atoms with Crippen LogP contribution in [0.4, 0.5) is 5.95 Å². The van der Waals surface area contributed by atoms with Crippen molar-refractivity contribution in [3.8, 4) is 11.1 Å². The van der Waals surface area contributed by atoms with E-state index >= 15 is 0 Å². The molecule has 0 unspecified atom stereocenters. The van der Waals surface area contributed by atoms with Gasteiger partial charge in [0.2, 0.25) is 5.95 Å². The average Bonchev–Trinajstić information content (AvgIpc) is 2.71. The molecule has 3 heterocycles. The number of anilines is 1. The Bertz CT molecular complexity index is 1200. The van der Waals surface area contributed by atoms with Crippen molar-refractivity contribution in [2.45, 2.75) is 6.54 Å². The van der Waals surface area contributed by atoms with Crippen LogP contribution in [0.1, 0.15) is 5.69 Å². The first kappa shape index (κ1) is 18.4. The third kappa shape index (κ3) is 3.44. The number of aromatic nitrogens is 4. The summed E-state index contributed by atoms with van der Waals surface area (Å²) >= 11 is 12.6. The van der Waals surface area contributed by atoms with Crippen LogP contribution in [-0.2, 0) is 13.6 Å². The number of fused-ring (bicyclic) bond motifs is 1. The summed E-state index contributed by atoms with van der Waals surface area (Å²) < 4.78 is 1.47. The van der Waals surface area contributed by atoms with Crippen molar-refractivity contribution < 1.29 is 0 Å². The van der Waals surface area contributed by atoms with Crippen LogP contribution < -0.4 is 10.9 Å². The second kappa shape index (κ2) is 7.58. The molecule has 140 valence electrons. The Labute approximate surface area is 170 Å². The summed E-state index contributed by atoms with van der Waals surface area (Å²) in [5.41, 5.74) is 2.05. The van der Waals surface area contributed by atoms with Crippen LogP contribution in [0.5, 0.6) is 0 Å². The minimum absolute atomic E-state index is 0.239. The van der Waals surface area contributed by atoms with Crippen molar-refractivity contribution in [3.63, 3.8) is 0 Å². The van der Waals surface area contributed by atoms with Crippen molar-refractivity contribution in [2.24, 2.45) is 7.05 Å². The molecule has 0 aliphatic rings. The van der Waals surface area contributed by atoms with Gasteiger partial charge in [0.15, 0.2) is 0 Å². The van der Waals surface area contributed by atoms with Crippen molar-refractivity contribution >= 4 is 40.2 Å². The van der Waals surface area contributed by atoms with Gasteiger partial charge in [-0.25, -0.2) is 4.98 Å². The van der Waals surface area contributed by atoms with E-state index in [0.717, 1.165) is 5.69 Å². The summed E-state index contributed by atoms with van der Waals surface area (Å²) in [4.78, 5) is 26.0. The van der Waals surface area contributed by atoms with Crippen LogP contribution in [0.25, 0.3) is 22.2 Å². The zero-order valence-electron chi connectivity index (χ0n) is 14.9. The molecule has 4 rings (SSSR count). The Morgan fingerprint density at radius 1 is 1.07 bits per heavy atom. The van der Waals surface area contributed by atoms with Gasteiger partial charge in [-0.15, -0.1) is 0 Å². The summed E-state index contributed by atoms with van der Waals surface area (Å²) in [6, 6.07) is 12.5. The quantitative estimate of drug-likeness (QED) is 0.541. The lowest BCUT2D eigenvalue weighted by molar-refractivity contribution is 0.883. The fraction of sp³-hybridized carbons (Fsp3) is 0.100. The van der Waals surface area contributed by atoms with Gasteiger partial charge in [-0.1, -0.05) is 35.3 Å². The van der Waals surface area contributed by atoms with Crippen molar-refractivity contribution in [1.29, 1.82) is 0 Å². The van der Waals surface area contributed by atoms with E-state index in [9.17, 15) is 4.79 Å². The van der Waals surface area contributed by atoms with E-state index < -0.39 is 0 Å². The second-order valence-electron chi connectivity index (χ2n) is 6.17. The molecule has 0 radical (unpaired) electrons. The second-order valence-corrected chi connectivity index (χ2v) is 6.98. The molecule has 0 aliphatic heterocycles. The summed E-state index contributed by atoms with van der Waals surface area (Å²) in [6.45, 7) is 0.480. The number of nitrogens with zero attached hydrogens (tertiary/aromatic N) is 4. The molecule has 0 bridgehead atoms. The van der Waals surface area contributed by atoms with Crippen LogP contribution in [0.3, 0.4) is 0 Å². The van der Waals surface area contributed by atoms with E-state index in [1.54, 1.807) is 43.7 Å². The molecular weight excluding hydrogens is 397 g/mol. The summed E-state index contributed by atoms with van der Waals surface area (Å²) in [6.07, 6.45) is 3.39. The van der Waals surface area contributed by atoms with Crippen LogP contribution in [0.2, 0.25) is 10.0 Å². The van der Waals surface area contributed by atoms with Gasteiger partial charge in [-0.3, -0.25) is 14.3 Å². The Morgan fingerprint density at radius 3 is 2.57 bits per heavy atom. The van der Waals surface area contributed by atoms with E-state index in [2.05, 4.69) is 20.3 Å². The fourth-order valence-electron chi connectivity index (χ4n) is 2.94. The average molecular weight is 412 g/mol. The highest BCUT2D eigenvalue weighted by atomic mass is 35.5. The zero-order chi connectivity index (χ0) is 19.7. The molecule has 0 aliphatic carbocycles. The maximum atomic E-state index is 12.9. The van der Waals surface area contributed by atoms with E-state index in [1.165, 1.54) is 4.57 Å². The highest BCUT2D eigenvalue weighted by Crippen LogP contribution is 2.33. The van der Waals surface area contributed by atoms with Gasteiger partial charge in [-0.05, 0) is 30.3 Å². The molecule has 4 aromatic rings. The first-order chi connectivity index (χ1) is 13.5. The Morgan fingerprint density at radius 2 is 1.86 bits per heavy atom. The highest BCUT2D eigenvalue weighted by Gasteiger charge is 2.16. The molecular formula is C20H15Cl2N5O. The maximum absolute atomic E-state index is 12.9. The fourth-order valence-corrected chi connectivity index (χ4v) is 3.54. The van der Waals surface area contributed by atoms with Crippen molar-refractivity contribution in [2.75, 3.05) is 5.32 Å². The standard InChI is InChI=1S/C20H15Cl2N5O/c1-27-18-12(9-14(19(27)28)17-15(21)6-4-7-16(17)22)10-24-20(26-18)25-11-13-5-2-3-8-23-13/h2-10H,11H2,1H3,(H,24,25,26). The van der Waals surface area contributed by atoms with Gasteiger partial charge in [0.05, 0.1) is 27.8 Å². The summed E-state index contributed by atoms with van der Waals surface area (Å²) in [5, 5.41) is 4.66. The zero-order valence-corrected chi connectivity index (χ0v) is 16.4. The third-order valence-electron chi connectivity index (χ3n) is 4.33. The minimum Gasteiger partial charge on any atom is -0.349 e. The SMILES string of the molecule is Cn1c(=O)c(-c2c(Cl)cccc2Cl)cc2cnc(NCc3ccccn3)nc21. The van der Waals surface area contributed by atoms with Gasteiger partial charge in [0, 0.05) is 30.4 Å². The molecule has 28 heavy (non-hydrogen) atoms. The largest absolute Gasteiger partial charge is 0.349 e. The summed E-state index contributed by atoms with van der Waals surface area (Å²) in [5.74, 6) is 0.414. The highest BCUT2D eigenvalue weighted by molar-refractivity contribution is 6.39. The molecule has 1 N–H and O–H groups in total. The predicted molar refractivity (Wildman–Crippen MR) is 112 cm³/mol. The Hall–Kier alpha value is -2.96. The lowest BCUT2D eigenvalue weighted by Gasteiger charge is -2.12. The number of rotatable bonds is 4. The monoisotopic (exact) mass is 411 g/mol. The normalized spacial score (nSPS) is 11.0. The molecule has 1 aromatic carbocycles. The number of hydrogen-bond acceptors (Lipinski definition) is 5. The number of hydrogen-bond donors (Lipinski definition) is 1. The first-order valence-electron chi connectivity index (χ1n) is 8.49. The molecule has 0 atom stereocenters. The molecule has 0 amide bonds. The third-order valence-corrected chi connectivity index (χ3v) is 4.96. The van der Waals surface area contributed by atoms with Gasteiger partial charge >= 0.3 is 0 Å². The first-order valence-corrected chi connectivity index (χ1v) is 9.25. The van der Waals surface area contributed by atoms with Gasteiger partial charge < -0.3 is 5.32 Å². The number of halogens is 2. The molecule has 3 aromatic heterocycles. The maximum Gasteiger partial charge on any atom is 0.259 e. The smallest absolute Gasteiger partial charge is 0.259 e. The topological polar surface area (TPSA) is 72.7 Å². The number of pyridine rings is 2. The van der Waals surface area contributed by atoms with Gasteiger partial charge in [0.1, 0.15) is 5.65 Å². The lowest BCUT2D eigenvalue weighted by Crippen LogP contribution is -2.20.